The normalized spacial score (nSPS) is 12.4. The van der Waals surface area contributed by atoms with Gasteiger partial charge in [0.2, 0.25) is 0 Å². The number of carbonyl (C=O) groups is 1. The smallest absolute Gasteiger partial charge is 0.348 e. The van der Waals surface area contributed by atoms with Gasteiger partial charge in [-0.2, -0.15) is 5.10 Å². The zero-order valence-corrected chi connectivity index (χ0v) is 14.9. The van der Waals surface area contributed by atoms with E-state index >= 15 is 0 Å². The molecule has 3 aromatic rings. The molecule has 128 valence electrons. The lowest BCUT2D eigenvalue weighted by atomic mass is 9.92. The second kappa shape index (κ2) is 6.37. The van der Waals surface area contributed by atoms with Crippen LogP contribution in [0.3, 0.4) is 0 Å². The number of benzene rings is 1. The molecule has 0 amide bonds. The number of hydrogen-bond acceptors (Lipinski definition) is 5. The van der Waals surface area contributed by atoms with Crippen LogP contribution in [0, 0.1) is 6.92 Å². The summed E-state index contributed by atoms with van der Waals surface area (Å²) in [6.07, 6.45) is 3.48. The fraction of sp³-hybridized carbons (Fsp3) is 0.263. The lowest BCUT2D eigenvalue weighted by molar-refractivity contribution is 0.0531. The first kappa shape index (κ1) is 15.9. The molecular formula is C19H18N2O3S. The molecular weight excluding hydrogens is 336 g/mol. The van der Waals surface area contributed by atoms with Crippen molar-refractivity contribution in [3.63, 3.8) is 0 Å². The maximum absolute atomic E-state index is 12.4. The molecule has 0 unspecified atom stereocenters. The summed E-state index contributed by atoms with van der Waals surface area (Å²) in [5.74, 6) is 0.460. The standard InChI is InChI=1S/C19H18N2O3S/c1-3-23-18(22)17-14-9-6-12-10-20-21-16(12)15(14)19(25-17)24-13-7-4-11(2)5-8-13/h4-5,7-8,10H,3,6,9H2,1-2H3,(H,20,21). The van der Waals surface area contributed by atoms with E-state index in [2.05, 4.69) is 10.2 Å². The van der Waals surface area contributed by atoms with E-state index in [1.54, 1.807) is 0 Å². The third-order valence-corrected chi connectivity index (χ3v) is 5.37. The Morgan fingerprint density at radius 1 is 1.28 bits per heavy atom. The van der Waals surface area contributed by atoms with Crippen molar-refractivity contribution >= 4 is 17.3 Å². The van der Waals surface area contributed by atoms with E-state index in [9.17, 15) is 4.79 Å². The molecule has 2 aromatic heterocycles. The SMILES string of the molecule is CCOC(=O)c1sc(Oc2ccc(C)cc2)c2c1CCc1cn[nH]c1-2. The van der Waals surface area contributed by atoms with Crippen LogP contribution >= 0.6 is 11.3 Å². The van der Waals surface area contributed by atoms with E-state index in [1.807, 2.05) is 44.3 Å². The van der Waals surface area contributed by atoms with Gasteiger partial charge >= 0.3 is 5.97 Å². The highest BCUT2D eigenvalue weighted by Gasteiger charge is 2.31. The summed E-state index contributed by atoms with van der Waals surface area (Å²) in [5, 5.41) is 7.92. The number of H-pyrrole nitrogens is 1. The largest absolute Gasteiger partial charge is 0.462 e. The third-order valence-electron chi connectivity index (χ3n) is 4.28. The van der Waals surface area contributed by atoms with Crippen LogP contribution in [0.15, 0.2) is 30.5 Å². The first-order valence-electron chi connectivity index (χ1n) is 8.27. The average molecular weight is 354 g/mol. The second-order valence-corrected chi connectivity index (χ2v) is 6.96. The van der Waals surface area contributed by atoms with Gasteiger partial charge in [0.15, 0.2) is 5.06 Å². The Morgan fingerprint density at radius 3 is 2.84 bits per heavy atom. The minimum atomic E-state index is -0.287. The van der Waals surface area contributed by atoms with Crippen LogP contribution in [-0.4, -0.2) is 22.8 Å². The molecule has 0 aliphatic heterocycles. The quantitative estimate of drug-likeness (QED) is 0.700. The van der Waals surface area contributed by atoms with Gasteiger partial charge in [-0.1, -0.05) is 29.0 Å². The summed E-state index contributed by atoms with van der Waals surface area (Å²) >= 11 is 1.34. The van der Waals surface area contributed by atoms with Gasteiger partial charge < -0.3 is 9.47 Å². The van der Waals surface area contributed by atoms with Crippen molar-refractivity contribution < 1.29 is 14.3 Å². The van der Waals surface area contributed by atoms with E-state index in [-0.39, 0.29) is 5.97 Å². The number of thiophene rings is 1. The summed E-state index contributed by atoms with van der Waals surface area (Å²) in [6.45, 7) is 4.20. The van der Waals surface area contributed by atoms with Crippen molar-refractivity contribution in [2.45, 2.75) is 26.7 Å². The van der Waals surface area contributed by atoms with Crippen LogP contribution in [0.4, 0.5) is 0 Å². The molecule has 1 aromatic carbocycles. The monoisotopic (exact) mass is 354 g/mol. The van der Waals surface area contributed by atoms with Gasteiger partial charge in [-0.05, 0) is 49.9 Å². The van der Waals surface area contributed by atoms with Crippen LogP contribution in [-0.2, 0) is 17.6 Å². The number of aromatic nitrogens is 2. The molecule has 0 atom stereocenters. The maximum Gasteiger partial charge on any atom is 0.348 e. The molecule has 0 saturated heterocycles. The molecule has 6 heteroatoms. The number of aryl methyl sites for hydroxylation is 2. The molecule has 2 heterocycles. The molecule has 4 rings (SSSR count). The Hall–Kier alpha value is -2.60. The highest BCUT2D eigenvalue weighted by Crippen LogP contribution is 2.48. The average Bonchev–Trinajstić information content (AvgIpc) is 3.21. The van der Waals surface area contributed by atoms with Crippen LogP contribution in [0.1, 0.15) is 33.3 Å². The summed E-state index contributed by atoms with van der Waals surface area (Å²) in [4.78, 5) is 13.0. The van der Waals surface area contributed by atoms with Crippen molar-refractivity contribution in [1.29, 1.82) is 0 Å². The molecule has 0 fully saturated rings. The molecule has 25 heavy (non-hydrogen) atoms. The van der Waals surface area contributed by atoms with Gasteiger partial charge in [0.05, 0.1) is 24.1 Å². The zero-order chi connectivity index (χ0) is 17.4. The Bertz CT molecular complexity index is 925. The zero-order valence-electron chi connectivity index (χ0n) is 14.1. The number of hydrogen-bond donors (Lipinski definition) is 1. The van der Waals surface area contributed by atoms with Gasteiger partial charge in [-0.3, -0.25) is 5.10 Å². The lowest BCUT2D eigenvalue weighted by Crippen LogP contribution is -2.08. The summed E-state index contributed by atoms with van der Waals surface area (Å²) in [5.41, 5.74) is 5.18. The molecule has 0 saturated carbocycles. The van der Waals surface area contributed by atoms with Gasteiger partial charge in [-0.25, -0.2) is 4.79 Å². The molecule has 5 nitrogen and oxygen atoms in total. The highest BCUT2D eigenvalue weighted by molar-refractivity contribution is 7.16. The van der Waals surface area contributed by atoms with Gasteiger partial charge in [0, 0.05) is 0 Å². The number of esters is 1. The topological polar surface area (TPSA) is 64.2 Å². The summed E-state index contributed by atoms with van der Waals surface area (Å²) in [6, 6.07) is 7.87. The lowest BCUT2D eigenvalue weighted by Gasteiger charge is -2.14. The predicted molar refractivity (Wildman–Crippen MR) is 96.5 cm³/mol. The van der Waals surface area contributed by atoms with Crippen LogP contribution in [0.5, 0.6) is 10.8 Å². The van der Waals surface area contributed by atoms with Crippen molar-refractivity contribution in [2.75, 3.05) is 6.61 Å². The molecule has 1 aliphatic rings. The Morgan fingerprint density at radius 2 is 2.08 bits per heavy atom. The molecule has 0 radical (unpaired) electrons. The van der Waals surface area contributed by atoms with E-state index in [4.69, 9.17) is 9.47 Å². The van der Waals surface area contributed by atoms with Crippen molar-refractivity contribution in [3.05, 3.63) is 52.0 Å². The molecule has 1 N–H and O–H groups in total. The Labute approximate surface area is 149 Å². The minimum absolute atomic E-state index is 0.287. The van der Waals surface area contributed by atoms with E-state index in [1.165, 1.54) is 16.9 Å². The number of nitrogens with one attached hydrogen (secondary N) is 1. The number of aromatic amines is 1. The van der Waals surface area contributed by atoms with Crippen LogP contribution in [0.2, 0.25) is 0 Å². The number of fused-ring (bicyclic) bond motifs is 3. The van der Waals surface area contributed by atoms with Crippen LogP contribution in [0.25, 0.3) is 11.3 Å². The van der Waals surface area contributed by atoms with E-state index in [0.29, 0.717) is 16.5 Å². The molecule has 1 aliphatic carbocycles. The fourth-order valence-corrected chi connectivity index (χ4v) is 4.18. The highest BCUT2D eigenvalue weighted by atomic mass is 32.1. The second-order valence-electron chi connectivity index (χ2n) is 5.98. The number of nitrogens with zero attached hydrogens (tertiary/aromatic N) is 1. The number of rotatable bonds is 4. The molecule has 0 bridgehead atoms. The number of carbonyl (C=O) groups excluding carboxylic acids is 1. The number of ether oxygens (including phenoxy) is 2. The van der Waals surface area contributed by atoms with Crippen molar-refractivity contribution in [2.24, 2.45) is 0 Å². The third kappa shape index (κ3) is 2.82. The predicted octanol–water partition coefficient (Wildman–Crippen LogP) is 4.51. The van der Waals surface area contributed by atoms with Crippen molar-refractivity contribution in [1.82, 2.24) is 10.2 Å². The summed E-state index contributed by atoms with van der Waals surface area (Å²) < 4.78 is 11.4. The van der Waals surface area contributed by atoms with Crippen LogP contribution < -0.4 is 4.74 Å². The Kier molecular flexibility index (Phi) is 4.05. The fourth-order valence-electron chi connectivity index (χ4n) is 3.06. The minimum Gasteiger partial charge on any atom is -0.462 e. The first-order chi connectivity index (χ1) is 12.2. The van der Waals surface area contributed by atoms with Gasteiger partial charge in [0.1, 0.15) is 10.6 Å². The maximum atomic E-state index is 12.4. The van der Waals surface area contributed by atoms with Crippen molar-refractivity contribution in [3.8, 4) is 22.1 Å². The summed E-state index contributed by atoms with van der Waals surface area (Å²) in [7, 11) is 0. The Balaban J connectivity index is 1.81. The molecule has 0 spiro atoms. The van der Waals surface area contributed by atoms with Gasteiger partial charge in [-0.15, -0.1) is 0 Å². The van der Waals surface area contributed by atoms with E-state index < -0.39 is 0 Å². The first-order valence-corrected chi connectivity index (χ1v) is 9.09. The van der Waals surface area contributed by atoms with E-state index in [0.717, 1.165) is 41.0 Å². The van der Waals surface area contributed by atoms with Gasteiger partial charge in [0.25, 0.3) is 0 Å².